The Kier molecular flexibility index (Phi) is 6.14. The lowest BCUT2D eigenvalue weighted by atomic mass is 10.2. The molecule has 0 aliphatic carbocycles. The van der Waals surface area contributed by atoms with E-state index in [-0.39, 0.29) is 10.7 Å². The first-order valence-electron chi connectivity index (χ1n) is 7.31. The van der Waals surface area contributed by atoms with E-state index in [0.717, 1.165) is 0 Å². The van der Waals surface area contributed by atoms with Gasteiger partial charge in [0.1, 0.15) is 10.9 Å². The summed E-state index contributed by atoms with van der Waals surface area (Å²) in [6.07, 6.45) is 0.856. The second-order valence-corrected chi connectivity index (χ2v) is 5.22. The van der Waals surface area contributed by atoms with Crippen molar-refractivity contribution in [2.45, 2.75) is 19.4 Å². The molecule has 1 aromatic heterocycles. The minimum absolute atomic E-state index is 0.0351. The van der Waals surface area contributed by atoms with Gasteiger partial charge in [0.15, 0.2) is 6.10 Å². The van der Waals surface area contributed by atoms with Gasteiger partial charge in [0.25, 0.3) is 5.91 Å². The molecule has 0 saturated carbocycles. The number of benzene rings is 1. The van der Waals surface area contributed by atoms with Crippen molar-refractivity contribution in [3.05, 3.63) is 53.3 Å². The van der Waals surface area contributed by atoms with E-state index in [4.69, 9.17) is 21.1 Å². The van der Waals surface area contributed by atoms with E-state index >= 15 is 0 Å². The number of methoxy groups -OCH3 is 1. The zero-order chi connectivity index (χ0) is 17.5. The average molecular weight is 349 g/mol. The smallest absolute Gasteiger partial charge is 0.342 e. The van der Waals surface area contributed by atoms with Crippen LogP contribution in [-0.2, 0) is 9.53 Å². The number of ether oxygens (including phenoxy) is 2. The molecule has 126 valence electrons. The minimum atomic E-state index is -0.934. The topological polar surface area (TPSA) is 77.5 Å². The summed E-state index contributed by atoms with van der Waals surface area (Å²) in [5.41, 5.74) is 0.699. The summed E-state index contributed by atoms with van der Waals surface area (Å²) in [7, 11) is 1.56. The lowest BCUT2D eigenvalue weighted by Crippen LogP contribution is -2.32. The molecule has 0 fully saturated rings. The molecule has 0 aliphatic heterocycles. The molecular weight excluding hydrogens is 332 g/mol. The first-order valence-corrected chi connectivity index (χ1v) is 7.69. The number of halogens is 1. The van der Waals surface area contributed by atoms with Crippen molar-refractivity contribution in [3.8, 4) is 5.75 Å². The monoisotopic (exact) mass is 348 g/mol. The molecule has 2 aromatic rings. The van der Waals surface area contributed by atoms with E-state index < -0.39 is 18.0 Å². The van der Waals surface area contributed by atoms with Crippen molar-refractivity contribution < 1.29 is 19.1 Å². The van der Waals surface area contributed by atoms with Crippen LogP contribution in [0.25, 0.3) is 0 Å². The van der Waals surface area contributed by atoms with Crippen molar-refractivity contribution in [1.29, 1.82) is 0 Å². The van der Waals surface area contributed by atoms with Gasteiger partial charge in [0.05, 0.1) is 12.7 Å². The summed E-state index contributed by atoms with van der Waals surface area (Å²) >= 11 is 5.86. The fraction of sp³-hybridized carbons (Fsp3) is 0.235. The van der Waals surface area contributed by atoms with Gasteiger partial charge in [-0.3, -0.25) is 4.79 Å². The maximum atomic E-state index is 12.3. The van der Waals surface area contributed by atoms with Crippen LogP contribution in [0.3, 0.4) is 0 Å². The largest absolute Gasteiger partial charge is 0.497 e. The van der Waals surface area contributed by atoms with Crippen molar-refractivity contribution in [3.63, 3.8) is 0 Å². The van der Waals surface area contributed by atoms with Crippen LogP contribution < -0.4 is 10.1 Å². The fourth-order valence-electron chi connectivity index (χ4n) is 1.95. The molecular formula is C17H17ClN2O4. The van der Waals surface area contributed by atoms with E-state index in [9.17, 15) is 9.59 Å². The number of aromatic nitrogens is 1. The second-order valence-electron chi connectivity index (χ2n) is 4.86. The summed E-state index contributed by atoms with van der Waals surface area (Å²) < 4.78 is 10.3. The summed E-state index contributed by atoms with van der Waals surface area (Å²) in [4.78, 5) is 28.2. The molecule has 0 aliphatic rings. The lowest BCUT2D eigenvalue weighted by molar-refractivity contribution is -0.124. The standard InChI is InChI=1S/C17H17ClN2O4/c1-3-14(24-17(22)13-5-4-10-19-15(13)18)16(21)20-11-6-8-12(23-2)9-7-11/h4-10,14H,3H2,1-2H3,(H,20,21). The first kappa shape index (κ1) is 17.7. The van der Waals surface area contributed by atoms with Gasteiger partial charge in [0, 0.05) is 11.9 Å². The molecule has 1 heterocycles. The number of pyridine rings is 1. The Morgan fingerprint density at radius 1 is 1.25 bits per heavy atom. The molecule has 24 heavy (non-hydrogen) atoms. The normalized spacial score (nSPS) is 11.5. The molecule has 0 bridgehead atoms. The highest BCUT2D eigenvalue weighted by Gasteiger charge is 2.23. The van der Waals surface area contributed by atoms with Crippen molar-refractivity contribution >= 4 is 29.2 Å². The van der Waals surface area contributed by atoms with Gasteiger partial charge in [-0.2, -0.15) is 0 Å². The van der Waals surface area contributed by atoms with E-state index in [1.165, 1.54) is 12.3 Å². The lowest BCUT2D eigenvalue weighted by Gasteiger charge is -2.16. The number of rotatable bonds is 6. The van der Waals surface area contributed by atoms with Crippen LogP contribution in [0.2, 0.25) is 5.15 Å². The van der Waals surface area contributed by atoms with Gasteiger partial charge in [-0.25, -0.2) is 9.78 Å². The number of carbonyl (C=O) groups excluding carboxylic acids is 2. The number of carbonyl (C=O) groups is 2. The number of anilines is 1. The molecule has 0 radical (unpaired) electrons. The van der Waals surface area contributed by atoms with E-state index in [0.29, 0.717) is 17.9 Å². The van der Waals surface area contributed by atoms with Crippen LogP contribution >= 0.6 is 11.6 Å². The van der Waals surface area contributed by atoms with Gasteiger partial charge in [-0.05, 0) is 42.8 Å². The third-order valence-electron chi connectivity index (χ3n) is 3.25. The molecule has 2 rings (SSSR count). The summed E-state index contributed by atoms with van der Waals surface area (Å²) in [6.45, 7) is 1.75. The maximum absolute atomic E-state index is 12.3. The van der Waals surface area contributed by atoms with E-state index in [2.05, 4.69) is 10.3 Å². The summed E-state index contributed by atoms with van der Waals surface area (Å²) in [5.74, 6) is -0.432. The Bertz CT molecular complexity index is 719. The fourth-order valence-corrected chi connectivity index (χ4v) is 2.15. The molecule has 1 aromatic carbocycles. The number of hydrogen-bond acceptors (Lipinski definition) is 5. The Morgan fingerprint density at radius 2 is 1.96 bits per heavy atom. The molecule has 1 amide bonds. The van der Waals surface area contributed by atoms with Crippen LogP contribution in [0.4, 0.5) is 5.69 Å². The highest BCUT2D eigenvalue weighted by molar-refractivity contribution is 6.32. The number of nitrogens with one attached hydrogen (secondary N) is 1. The van der Waals surface area contributed by atoms with Gasteiger partial charge in [-0.1, -0.05) is 18.5 Å². The summed E-state index contributed by atoms with van der Waals surface area (Å²) in [6, 6.07) is 9.90. The third kappa shape index (κ3) is 4.45. The minimum Gasteiger partial charge on any atom is -0.497 e. The van der Waals surface area contributed by atoms with Crippen LogP contribution in [-0.4, -0.2) is 30.1 Å². The van der Waals surface area contributed by atoms with Crippen molar-refractivity contribution in [2.24, 2.45) is 0 Å². The van der Waals surface area contributed by atoms with Crippen LogP contribution in [0, 0.1) is 0 Å². The molecule has 1 atom stereocenters. The van der Waals surface area contributed by atoms with E-state index in [1.54, 1.807) is 44.4 Å². The van der Waals surface area contributed by atoms with Crippen LogP contribution in [0.1, 0.15) is 23.7 Å². The van der Waals surface area contributed by atoms with Crippen molar-refractivity contribution in [1.82, 2.24) is 4.98 Å². The third-order valence-corrected chi connectivity index (χ3v) is 3.55. The Labute approximate surface area is 144 Å². The molecule has 7 heteroatoms. The Hall–Kier alpha value is -2.60. The van der Waals surface area contributed by atoms with Gasteiger partial charge >= 0.3 is 5.97 Å². The number of nitrogens with zero attached hydrogens (tertiary/aromatic N) is 1. The molecule has 6 nitrogen and oxygen atoms in total. The molecule has 1 N–H and O–H groups in total. The number of esters is 1. The molecule has 1 unspecified atom stereocenters. The average Bonchev–Trinajstić information content (AvgIpc) is 2.60. The predicted molar refractivity (Wildman–Crippen MR) is 90.4 cm³/mol. The van der Waals surface area contributed by atoms with Gasteiger partial charge in [0.2, 0.25) is 0 Å². The zero-order valence-electron chi connectivity index (χ0n) is 13.3. The van der Waals surface area contributed by atoms with Crippen LogP contribution in [0.5, 0.6) is 5.75 Å². The van der Waals surface area contributed by atoms with Gasteiger partial charge in [-0.15, -0.1) is 0 Å². The van der Waals surface area contributed by atoms with Gasteiger partial charge < -0.3 is 14.8 Å². The highest BCUT2D eigenvalue weighted by Crippen LogP contribution is 2.17. The number of amides is 1. The maximum Gasteiger partial charge on any atom is 0.342 e. The quantitative estimate of drug-likeness (QED) is 0.640. The Balaban J connectivity index is 2.03. The Morgan fingerprint density at radius 3 is 2.54 bits per heavy atom. The first-order chi connectivity index (χ1) is 11.5. The van der Waals surface area contributed by atoms with E-state index in [1.807, 2.05) is 0 Å². The van der Waals surface area contributed by atoms with Crippen molar-refractivity contribution in [2.75, 3.05) is 12.4 Å². The number of hydrogen-bond donors (Lipinski definition) is 1. The van der Waals surface area contributed by atoms with Crippen LogP contribution in [0.15, 0.2) is 42.6 Å². The SMILES string of the molecule is CCC(OC(=O)c1cccnc1Cl)C(=O)Nc1ccc(OC)cc1. The zero-order valence-corrected chi connectivity index (χ0v) is 14.0. The second kappa shape index (κ2) is 8.31. The summed E-state index contributed by atoms with van der Waals surface area (Å²) in [5, 5.41) is 2.73. The predicted octanol–water partition coefficient (Wildman–Crippen LogP) is 3.32. The molecule has 0 saturated heterocycles. The highest BCUT2D eigenvalue weighted by atomic mass is 35.5. The molecule has 0 spiro atoms.